The minimum Gasteiger partial charge on any atom is -0.507 e. The highest BCUT2D eigenvalue weighted by Gasteiger charge is 2.24. The van der Waals surface area contributed by atoms with E-state index in [1.807, 2.05) is 13.8 Å². The van der Waals surface area contributed by atoms with Crippen molar-refractivity contribution in [2.75, 3.05) is 18.4 Å². The van der Waals surface area contributed by atoms with Crippen LogP contribution in [0.2, 0.25) is 0 Å². The molecule has 2 N–H and O–H groups in total. The van der Waals surface area contributed by atoms with Crippen LogP contribution in [0, 0.1) is 0 Å². The molecule has 0 saturated carbocycles. The fourth-order valence-electron chi connectivity index (χ4n) is 2.13. The van der Waals surface area contributed by atoms with Crippen LogP contribution in [0.5, 0.6) is 5.75 Å². The van der Waals surface area contributed by atoms with Crippen LogP contribution >= 0.6 is 0 Å². The van der Waals surface area contributed by atoms with Gasteiger partial charge in [-0.3, -0.25) is 9.79 Å². The highest BCUT2D eigenvalue weighted by molar-refractivity contribution is 6.27. The third-order valence-corrected chi connectivity index (χ3v) is 2.95. The predicted octanol–water partition coefficient (Wildman–Crippen LogP) is 2.78. The molecule has 1 aliphatic rings. The molecule has 1 aromatic rings. The van der Waals surface area contributed by atoms with Crippen molar-refractivity contribution in [1.82, 2.24) is 0 Å². The summed E-state index contributed by atoms with van der Waals surface area (Å²) in [6, 6.07) is 3.33. The zero-order valence-corrected chi connectivity index (χ0v) is 11.2. The molecule has 0 heterocycles. The van der Waals surface area contributed by atoms with Crippen LogP contribution in [-0.2, 0) is 0 Å². The lowest BCUT2D eigenvalue weighted by Gasteiger charge is -2.18. The van der Waals surface area contributed by atoms with Gasteiger partial charge in [-0.1, -0.05) is 6.92 Å². The molecule has 0 fully saturated rings. The van der Waals surface area contributed by atoms with E-state index in [2.05, 4.69) is 10.3 Å². The molecule has 0 aliphatic heterocycles. The molecular weight excluding hydrogens is 240 g/mol. The molecule has 4 nitrogen and oxygen atoms in total. The van der Waals surface area contributed by atoms with Crippen molar-refractivity contribution in [1.29, 1.82) is 0 Å². The Hall–Kier alpha value is -2.10. The number of rotatable bonds is 4. The standard InChI is InChI=1S/C15H18N2O2/c1-3-9-17-11-6-8-12(18)14-10(16-4-2)5-7-13(19)15(11)14/h5-8,16,19H,3-4,9H2,1-2H3. The summed E-state index contributed by atoms with van der Waals surface area (Å²) in [5, 5.41) is 13.2. The SMILES string of the molecule is CCCN=C1C=CC(=O)c2c(NCC)ccc(O)c21. The lowest BCUT2D eigenvalue weighted by atomic mass is 9.91. The zero-order chi connectivity index (χ0) is 13.8. The number of nitrogens with zero attached hydrogens (tertiary/aromatic N) is 1. The summed E-state index contributed by atoms with van der Waals surface area (Å²) in [5.41, 5.74) is 2.47. The number of aromatic hydroxyl groups is 1. The molecule has 100 valence electrons. The summed E-state index contributed by atoms with van der Waals surface area (Å²) >= 11 is 0. The van der Waals surface area contributed by atoms with E-state index in [1.54, 1.807) is 18.2 Å². The second kappa shape index (κ2) is 5.69. The predicted molar refractivity (Wildman–Crippen MR) is 77.4 cm³/mol. The Morgan fingerprint density at radius 1 is 1.21 bits per heavy atom. The van der Waals surface area contributed by atoms with E-state index in [9.17, 15) is 9.90 Å². The Labute approximate surface area is 112 Å². The Morgan fingerprint density at radius 3 is 2.68 bits per heavy atom. The fourth-order valence-corrected chi connectivity index (χ4v) is 2.13. The average Bonchev–Trinajstić information content (AvgIpc) is 2.41. The van der Waals surface area contributed by atoms with Crippen molar-refractivity contribution in [2.45, 2.75) is 20.3 Å². The first kappa shape index (κ1) is 13.3. The summed E-state index contributed by atoms with van der Waals surface area (Å²) in [4.78, 5) is 16.5. The first-order chi connectivity index (χ1) is 9.19. The van der Waals surface area contributed by atoms with Crippen molar-refractivity contribution in [2.24, 2.45) is 4.99 Å². The monoisotopic (exact) mass is 258 g/mol. The summed E-state index contributed by atoms with van der Waals surface area (Å²) < 4.78 is 0. The van der Waals surface area contributed by atoms with E-state index in [4.69, 9.17) is 0 Å². The van der Waals surface area contributed by atoms with Crippen LogP contribution in [0.4, 0.5) is 5.69 Å². The molecule has 0 bridgehead atoms. The maximum atomic E-state index is 12.1. The number of hydrogen-bond donors (Lipinski definition) is 2. The van der Waals surface area contributed by atoms with Crippen molar-refractivity contribution >= 4 is 17.2 Å². The van der Waals surface area contributed by atoms with Crippen LogP contribution in [-0.4, -0.2) is 29.7 Å². The van der Waals surface area contributed by atoms with Gasteiger partial charge in [-0.15, -0.1) is 0 Å². The number of anilines is 1. The quantitative estimate of drug-likeness (QED) is 0.816. The fraction of sp³-hybridized carbons (Fsp3) is 0.333. The van der Waals surface area contributed by atoms with Gasteiger partial charge in [-0.2, -0.15) is 0 Å². The van der Waals surface area contributed by atoms with Crippen LogP contribution in [0.25, 0.3) is 0 Å². The number of benzene rings is 1. The molecule has 1 aliphatic carbocycles. The maximum Gasteiger partial charge on any atom is 0.188 e. The summed E-state index contributed by atoms with van der Waals surface area (Å²) in [7, 11) is 0. The minimum absolute atomic E-state index is 0.0997. The molecule has 4 heteroatoms. The molecule has 0 saturated heterocycles. The number of phenolic OH excluding ortho intramolecular Hbond substituents is 1. The Morgan fingerprint density at radius 2 is 2.00 bits per heavy atom. The zero-order valence-electron chi connectivity index (χ0n) is 11.2. The number of carbonyl (C=O) groups is 1. The number of carbonyl (C=O) groups excluding carboxylic acids is 1. The van der Waals surface area contributed by atoms with Gasteiger partial charge in [-0.05, 0) is 37.6 Å². The normalized spacial score (nSPS) is 15.7. The minimum atomic E-state index is -0.0997. The molecule has 19 heavy (non-hydrogen) atoms. The Bertz CT molecular complexity index is 560. The highest BCUT2D eigenvalue weighted by atomic mass is 16.3. The third kappa shape index (κ3) is 2.52. The number of phenols is 1. The number of nitrogens with one attached hydrogen (secondary N) is 1. The first-order valence-electron chi connectivity index (χ1n) is 6.56. The van der Waals surface area contributed by atoms with Crippen LogP contribution < -0.4 is 5.32 Å². The first-order valence-corrected chi connectivity index (χ1v) is 6.56. The summed E-state index contributed by atoms with van der Waals surface area (Å²) in [6.45, 7) is 5.40. The number of hydrogen-bond acceptors (Lipinski definition) is 4. The largest absolute Gasteiger partial charge is 0.507 e. The number of aliphatic imine (C=N–C) groups is 1. The van der Waals surface area contributed by atoms with Crippen molar-refractivity contribution in [3.8, 4) is 5.75 Å². The van der Waals surface area contributed by atoms with Gasteiger partial charge in [-0.25, -0.2) is 0 Å². The highest BCUT2D eigenvalue weighted by Crippen LogP contribution is 2.32. The van der Waals surface area contributed by atoms with E-state index >= 15 is 0 Å². The molecule has 1 aromatic carbocycles. The molecule has 0 atom stereocenters. The average molecular weight is 258 g/mol. The van der Waals surface area contributed by atoms with E-state index in [1.165, 1.54) is 6.08 Å². The van der Waals surface area contributed by atoms with Gasteiger partial charge < -0.3 is 10.4 Å². The molecular formula is C15H18N2O2. The van der Waals surface area contributed by atoms with E-state index in [-0.39, 0.29) is 11.5 Å². The van der Waals surface area contributed by atoms with E-state index < -0.39 is 0 Å². The number of allylic oxidation sites excluding steroid dienone is 2. The lowest BCUT2D eigenvalue weighted by molar-refractivity contribution is 0.104. The van der Waals surface area contributed by atoms with Gasteiger partial charge in [0, 0.05) is 18.8 Å². The van der Waals surface area contributed by atoms with Crippen molar-refractivity contribution < 1.29 is 9.90 Å². The van der Waals surface area contributed by atoms with Gasteiger partial charge in [0.1, 0.15) is 5.75 Å². The van der Waals surface area contributed by atoms with Gasteiger partial charge >= 0.3 is 0 Å². The summed E-state index contributed by atoms with van der Waals surface area (Å²) in [6.07, 6.45) is 4.11. The molecule has 0 aromatic heterocycles. The van der Waals surface area contributed by atoms with Crippen LogP contribution in [0.15, 0.2) is 29.3 Å². The molecule has 0 radical (unpaired) electrons. The number of ketones is 1. The second-order valence-corrected chi connectivity index (χ2v) is 4.38. The Balaban J connectivity index is 2.60. The third-order valence-electron chi connectivity index (χ3n) is 2.95. The van der Waals surface area contributed by atoms with Crippen molar-refractivity contribution in [3.05, 3.63) is 35.4 Å². The maximum absolute atomic E-state index is 12.1. The topological polar surface area (TPSA) is 61.7 Å². The van der Waals surface area contributed by atoms with Gasteiger partial charge in [0.15, 0.2) is 5.78 Å². The smallest absolute Gasteiger partial charge is 0.188 e. The van der Waals surface area contributed by atoms with Gasteiger partial charge in [0.2, 0.25) is 0 Å². The number of fused-ring (bicyclic) bond motifs is 1. The van der Waals surface area contributed by atoms with Gasteiger partial charge in [0.25, 0.3) is 0 Å². The lowest BCUT2D eigenvalue weighted by Crippen LogP contribution is -2.16. The van der Waals surface area contributed by atoms with Crippen molar-refractivity contribution in [3.63, 3.8) is 0 Å². The van der Waals surface area contributed by atoms with E-state index in [0.29, 0.717) is 23.4 Å². The summed E-state index contributed by atoms with van der Waals surface area (Å²) in [5.74, 6) is 0.00139. The van der Waals surface area contributed by atoms with Crippen LogP contribution in [0.3, 0.4) is 0 Å². The van der Waals surface area contributed by atoms with E-state index in [0.717, 1.165) is 18.7 Å². The molecule has 2 rings (SSSR count). The van der Waals surface area contributed by atoms with Gasteiger partial charge in [0.05, 0.1) is 16.8 Å². The molecule has 0 spiro atoms. The molecule has 0 unspecified atom stereocenters. The Kier molecular flexibility index (Phi) is 4.00. The molecule has 0 amide bonds. The van der Waals surface area contributed by atoms with Crippen LogP contribution in [0.1, 0.15) is 36.2 Å². The second-order valence-electron chi connectivity index (χ2n) is 4.38.